The zero-order valence-corrected chi connectivity index (χ0v) is 38.8. The topological polar surface area (TPSA) is 120 Å². The number of aliphatic hydroxyl groups is 5. The molecule has 0 radical (unpaired) electrons. The standard InChI is InChI=1S/C50H102O7/c1-5-9-13-17-21-23-27-30-34-46(33-29-25-19-15-11-7-3)37-48(50(42-54,43-55)45-56-44-49(39-51,40-52)41-53)57-38-47(35-31-26-20-16-12-8-4)36-32-28-24-22-18-14-10-6-2/h46-48,51-55H,5-45H2,1-4H3. The number of hydrogen-bond donors (Lipinski definition) is 5. The summed E-state index contributed by atoms with van der Waals surface area (Å²) >= 11 is 0. The van der Waals surface area contributed by atoms with E-state index >= 15 is 0 Å². The molecule has 7 heteroatoms. The maximum Gasteiger partial charge on any atom is 0.0700 e. The lowest BCUT2D eigenvalue weighted by Crippen LogP contribution is -2.50. The van der Waals surface area contributed by atoms with Gasteiger partial charge in [-0.05, 0) is 31.1 Å². The van der Waals surface area contributed by atoms with Gasteiger partial charge in [-0.25, -0.2) is 0 Å². The Hall–Kier alpha value is -0.280. The van der Waals surface area contributed by atoms with E-state index in [-0.39, 0.29) is 32.5 Å². The highest BCUT2D eigenvalue weighted by Crippen LogP contribution is 2.35. The Morgan fingerprint density at radius 1 is 0.368 bits per heavy atom. The number of unbranched alkanes of at least 4 members (excludes halogenated alkanes) is 24. The summed E-state index contributed by atoms with van der Waals surface area (Å²) < 4.78 is 13.2. The molecule has 0 aliphatic heterocycles. The minimum absolute atomic E-state index is 0.0358. The fourth-order valence-corrected chi connectivity index (χ4v) is 8.50. The summed E-state index contributed by atoms with van der Waals surface area (Å²) in [6.07, 6.45) is 41.1. The zero-order valence-electron chi connectivity index (χ0n) is 38.8. The quantitative estimate of drug-likeness (QED) is 0.0388. The maximum atomic E-state index is 11.1. The minimum atomic E-state index is -1.18. The van der Waals surface area contributed by atoms with Crippen LogP contribution in [-0.2, 0) is 9.47 Å². The van der Waals surface area contributed by atoms with Crippen LogP contribution in [0, 0.1) is 22.7 Å². The van der Waals surface area contributed by atoms with E-state index in [1.54, 1.807) is 0 Å². The van der Waals surface area contributed by atoms with Gasteiger partial charge in [0.1, 0.15) is 0 Å². The lowest BCUT2D eigenvalue weighted by atomic mass is 9.77. The van der Waals surface area contributed by atoms with Crippen LogP contribution in [0.25, 0.3) is 0 Å². The molecule has 0 saturated carbocycles. The van der Waals surface area contributed by atoms with E-state index in [9.17, 15) is 25.5 Å². The molecule has 0 fully saturated rings. The van der Waals surface area contributed by atoms with Gasteiger partial charge < -0.3 is 35.0 Å². The monoisotopic (exact) mass is 815 g/mol. The van der Waals surface area contributed by atoms with E-state index in [2.05, 4.69) is 27.7 Å². The van der Waals surface area contributed by atoms with Gasteiger partial charge in [0.25, 0.3) is 0 Å². The summed E-state index contributed by atoms with van der Waals surface area (Å²) in [5, 5.41) is 52.2. The lowest BCUT2D eigenvalue weighted by Gasteiger charge is -2.41. The predicted octanol–water partition coefficient (Wildman–Crippen LogP) is 12.5. The number of hydrogen-bond acceptors (Lipinski definition) is 7. The molecular formula is C50H102O7. The highest BCUT2D eigenvalue weighted by atomic mass is 16.5. The van der Waals surface area contributed by atoms with Crippen LogP contribution < -0.4 is 0 Å². The fraction of sp³-hybridized carbons (Fsp3) is 1.00. The third kappa shape index (κ3) is 29.6. The number of ether oxygens (including phenoxy) is 2. The second-order valence-electron chi connectivity index (χ2n) is 18.6. The maximum absolute atomic E-state index is 11.1. The molecule has 5 N–H and O–H groups in total. The Morgan fingerprint density at radius 2 is 0.684 bits per heavy atom. The van der Waals surface area contributed by atoms with E-state index in [0.717, 1.165) is 32.1 Å². The van der Waals surface area contributed by atoms with Crippen molar-refractivity contribution in [2.75, 3.05) is 52.9 Å². The molecule has 344 valence electrons. The van der Waals surface area contributed by atoms with Gasteiger partial charge in [-0.15, -0.1) is 0 Å². The Kier molecular flexibility index (Phi) is 40.9. The molecule has 3 atom stereocenters. The molecule has 0 aliphatic carbocycles. The molecule has 0 amide bonds. The van der Waals surface area contributed by atoms with Crippen LogP contribution in [0.1, 0.15) is 240 Å². The van der Waals surface area contributed by atoms with Gasteiger partial charge >= 0.3 is 0 Å². The van der Waals surface area contributed by atoms with Crippen LogP contribution in [-0.4, -0.2) is 84.5 Å². The van der Waals surface area contributed by atoms with Gasteiger partial charge in [-0.2, -0.15) is 0 Å². The van der Waals surface area contributed by atoms with Crippen LogP contribution in [0.5, 0.6) is 0 Å². The van der Waals surface area contributed by atoms with Crippen LogP contribution in [0.2, 0.25) is 0 Å². The highest BCUT2D eigenvalue weighted by Gasteiger charge is 2.42. The van der Waals surface area contributed by atoms with Crippen molar-refractivity contribution in [1.29, 1.82) is 0 Å². The summed E-state index contributed by atoms with van der Waals surface area (Å²) in [7, 11) is 0. The predicted molar refractivity (Wildman–Crippen MR) is 243 cm³/mol. The van der Waals surface area contributed by atoms with Crippen molar-refractivity contribution in [3.63, 3.8) is 0 Å². The normalized spacial score (nSPS) is 14.1. The molecule has 0 aromatic heterocycles. The third-order valence-electron chi connectivity index (χ3n) is 13.1. The third-order valence-corrected chi connectivity index (χ3v) is 13.1. The van der Waals surface area contributed by atoms with Gasteiger partial charge in [0.15, 0.2) is 0 Å². The van der Waals surface area contributed by atoms with Gasteiger partial charge in [0, 0.05) is 6.61 Å². The van der Waals surface area contributed by atoms with Crippen LogP contribution in [0.4, 0.5) is 0 Å². The molecule has 57 heavy (non-hydrogen) atoms. The van der Waals surface area contributed by atoms with E-state index in [4.69, 9.17) is 9.47 Å². The van der Waals surface area contributed by atoms with E-state index in [1.807, 2.05) is 0 Å². The van der Waals surface area contributed by atoms with Crippen molar-refractivity contribution in [3.8, 4) is 0 Å². The number of aliphatic hydroxyl groups excluding tert-OH is 5. The summed E-state index contributed by atoms with van der Waals surface area (Å²) in [6.45, 7) is 7.89. The Labute approximate surface area is 355 Å². The molecule has 0 spiro atoms. The average molecular weight is 815 g/mol. The lowest BCUT2D eigenvalue weighted by molar-refractivity contribution is -0.153. The first-order valence-corrected chi connectivity index (χ1v) is 25.1. The van der Waals surface area contributed by atoms with Crippen LogP contribution in [0.3, 0.4) is 0 Å². The molecule has 0 saturated heterocycles. The van der Waals surface area contributed by atoms with Crippen molar-refractivity contribution in [2.45, 2.75) is 246 Å². The highest BCUT2D eigenvalue weighted by molar-refractivity contribution is 4.90. The molecule has 0 aromatic carbocycles. The first-order valence-electron chi connectivity index (χ1n) is 25.1. The van der Waals surface area contributed by atoms with E-state index in [1.165, 1.54) is 180 Å². The SMILES string of the molecule is CCCCCCCCCCC(CCCCCCCC)COC(CC(CCCCCCCC)CCCCCCCCCC)C(CO)(CO)COCC(CO)(CO)CO. The summed E-state index contributed by atoms with van der Waals surface area (Å²) in [5.41, 5.74) is -2.21. The van der Waals surface area contributed by atoms with Crippen molar-refractivity contribution in [2.24, 2.45) is 22.7 Å². The van der Waals surface area contributed by atoms with Crippen LogP contribution >= 0.6 is 0 Å². The van der Waals surface area contributed by atoms with Gasteiger partial charge in [-0.3, -0.25) is 0 Å². The summed E-state index contributed by atoms with van der Waals surface area (Å²) in [5.74, 6) is 0.889. The van der Waals surface area contributed by atoms with Crippen molar-refractivity contribution in [3.05, 3.63) is 0 Å². The molecule has 0 aliphatic rings. The molecule has 3 unspecified atom stereocenters. The number of rotatable bonds is 47. The summed E-state index contributed by atoms with van der Waals surface area (Å²) in [6, 6.07) is 0. The summed E-state index contributed by atoms with van der Waals surface area (Å²) in [4.78, 5) is 0. The van der Waals surface area contributed by atoms with Gasteiger partial charge in [-0.1, -0.05) is 220 Å². The molecular weight excluding hydrogens is 713 g/mol. The molecule has 7 nitrogen and oxygen atoms in total. The van der Waals surface area contributed by atoms with Gasteiger partial charge in [0.2, 0.25) is 0 Å². The van der Waals surface area contributed by atoms with Crippen molar-refractivity contribution >= 4 is 0 Å². The van der Waals surface area contributed by atoms with Crippen molar-refractivity contribution in [1.82, 2.24) is 0 Å². The second kappa shape index (κ2) is 41.1. The van der Waals surface area contributed by atoms with Gasteiger partial charge in [0.05, 0.1) is 63.2 Å². The minimum Gasteiger partial charge on any atom is -0.396 e. The Morgan fingerprint density at radius 3 is 1.00 bits per heavy atom. The average Bonchev–Trinajstić information content (AvgIpc) is 3.23. The first kappa shape index (κ1) is 56.7. The first-order chi connectivity index (χ1) is 27.9. The zero-order chi connectivity index (χ0) is 42.1. The van der Waals surface area contributed by atoms with E-state index in [0.29, 0.717) is 18.4 Å². The Bertz CT molecular complexity index is 778. The molecule has 0 rings (SSSR count). The fourth-order valence-electron chi connectivity index (χ4n) is 8.50. The molecule has 0 aromatic rings. The smallest absolute Gasteiger partial charge is 0.0700 e. The largest absolute Gasteiger partial charge is 0.396 e. The Balaban J connectivity index is 6.12. The van der Waals surface area contributed by atoms with E-state index < -0.39 is 30.7 Å². The van der Waals surface area contributed by atoms with Crippen molar-refractivity contribution < 1.29 is 35.0 Å². The second-order valence-corrected chi connectivity index (χ2v) is 18.6. The van der Waals surface area contributed by atoms with Crippen LogP contribution in [0.15, 0.2) is 0 Å². The molecule has 0 bridgehead atoms. The molecule has 0 heterocycles.